The summed E-state index contributed by atoms with van der Waals surface area (Å²) in [6.07, 6.45) is 7.75. The minimum absolute atomic E-state index is 0.228. The molecule has 0 atom stereocenters. The molecule has 0 radical (unpaired) electrons. The van der Waals surface area contributed by atoms with E-state index in [1.165, 1.54) is 6.92 Å². The Hall–Kier alpha value is -3.66. The van der Waals surface area contributed by atoms with E-state index in [1.54, 1.807) is 18.2 Å². The van der Waals surface area contributed by atoms with Crippen LogP contribution in [0.5, 0.6) is 5.75 Å². The van der Waals surface area contributed by atoms with Crippen molar-refractivity contribution in [2.45, 2.75) is 13.8 Å². The summed E-state index contributed by atoms with van der Waals surface area (Å²) < 4.78 is 9.94. The van der Waals surface area contributed by atoms with Crippen molar-refractivity contribution in [3.05, 3.63) is 97.1 Å². The van der Waals surface area contributed by atoms with Gasteiger partial charge in [0.05, 0.1) is 0 Å². The number of esters is 2. The predicted octanol–water partition coefficient (Wildman–Crippen LogP) is 5.52. The standard InChI is InChI=1S/C25H24O4/c1-5-7-19(8-6-2)20-9-11-21(12-10-20)22-13-15-23(16-14-22)29-24(26)17-28-25(27)18(3)4/h5-16H,1,3,17H2,2,4H3/b8-6-,19-7+. The molecule has 0 amide bonds. The molecule has 0 saturated heterocycles. The second kappa shape index (κ2) is 10.6. The Morgan fingerprint density at radius 2 is 1.59 bits per heavy atom. The van der Waals surface area contributed by atoms with Crippen LogP contribution < -0.4 is 4.74 Å². The Morgan fingerprint density at radius 1 is 1.00 bits per heavy atom. The maximum absolute atomic E-state index is 11.8. The number of carbonyl (C=O) groups is 2. The van der Waals surface area contributed by atoms with Gasteiger partial charge in [0.2, 0.25) is 0 Å². The van der Waals surface area contributed by atoms with Crippen LogP contribution in [-0.4, -0.2) is 18.5 Å². The predicted molar refractivity (Wildman–Crippen MR) is 116 cm³/mol. The molecule has 2 rings (SSSR count). The van der Waals surface area contributed by atoms with Gasteiger partial charge in [-0.05, 0) is 48.2 Å². The van der Waals surface area contributed by atoms with Crippen molar-refractivity contribution in [3.63, 3.8) is 0 Å². The van der Waals surface area contributed by atoms with E-state index in [9.17, 15) is 9.59 Å². The van der Waals surface area contributed by atoms with Gasteiger partial charge in [0.1, 0.15) is 5.75 Å². The van der Waals surface area contributed by atoms with Crippen LogP contribution in [0.15, 0.2) is 91.6 Å². The van der Waals surface area contributed by atoms with E-state index in [2.05, 4.69) is 25.3 Å². The molecule has 0 unspecified atom stereocenters. The number of benzene rings is 2. The van der Waals surface area contributed by atoms with Crippen LogP contribution in [-0.2, 0) is 14.3 Å². The van der Waals surface area contributed by atoms with Gasteiger partial charge in [0.25, 0.3) is 0 Å². The van der Waals surface area contributed by atoms with Crippen LogP contribution in [0.3, 0.4) is 0 Å². The normalized spacial score (nSPS) is 11.2. The molecule has 0 aromatic heterocycles. The van der Waals surface area contributed by atoms with Gasteiger partial charge in [-0.2, -0.15) is 0 Å². The van der Waals surface area contributed by atoms with Gasteiger partial charge in [-0.3, -0.25) is 0 Å². The minimum Gasteiger partial charge on any atom is -0.450 e. The lowest BCUT2D eigenvalue weighted by Crippen LogP contribution is -2.18. The Labute approximate surface area is 171 Å². The third kappa shape index (κ3) is 6.47. The van der Waals surface area contributed by atoms with E-state index in [-0.39, 0.29) is 5.57 Å². The third-order valence-electron chi connectivity index (χ3n) is 3.95. The largest absolute Gasteiger partial charge is 0.450 e. The average molecular weight is 388 g/mol. The fourth-order valence-electron chi connectivity index (χ4n) is 2.53. The summed E-state index contributed by atoms with van der Waals surface area (Å²) in [5.41, 5.74) is 4.45. The van der Waals surface area contributed by atoms with E-state index in [0.29, 0.717) is 5.75 Å². The van der Waals surface area contributed by atoms with Crippen molar-refractivity contribution in [1.82, 2.24) is 0 Å². The highest BCUT2D eigenvalue weighted by molar-refractivity contribution is 5.88. The number of carbonyl (C=O) groups excluding carboxylic acids is 2. The first-order valence-electron chi connectivity index (χ1n) is 9.14. The second-order valence-corrected chi connectivity index (χ2v) is 6.29. The van der Waals surface area contributed by atoms with E-state index in [1.807, 2.05) is 49.4 Å². The van der Waals surface area contributed by atoms with Crippen LogP contribution in [0.25, 0.3) is 16.7 Å². The number of hydrogen-bond acceptors (Lipinski definition) is 4. The molecule has 0 aliphatic carbocycles. The lowest BCUT2D eigenvalue weighted by Gasteiger charge is -2.08. The number of allylic oxidation sites excluding steroid dienone is 5. The first-order valence-corrected chi connectivity index (χ1v) is 9.14. The summed E-state index contributed by atoms with van der Waals surface area (Å²) in [5, 5.41) is 0. The number of ether oxygens (including phenoxy) is 2. The van der Waals surface area contributed by atoms with Crippen LogP contribution in [0.2, 0.25) is 0 Å². The van der Waals surface area contributed by atoms with Gasteiger partial charge >= 0.3 is 11.9 Å². The first kappa shape index (κ1) is 21.6. The minimum atomic E-state index is -0.651. The molecule has 2 aromatic carbocycles. The Balaban J connectivity index is 2.03. The molecule has 4 heteroatoms. The lowest BCUT2D eigenvalue weighted by molar-refractivity contribution is -0.150. The fraction of sp³-hybridized carbons (Fsp3) is 0.120. The van der Waals surface area contributed by atoms with Gasteiger partial charge in [-0.1, -0.05) is 73.9 Å². The van der Waals surface area contributed by atoms with Gasteiger partial charge in [0, 0.05) is 5.57 Å². The second-order valence-electron chi connectivity index (χ2n) is 6.29. The van der Waals surface area contributed by atoms with Crippen molar-refractivity contribution in [3.8, 4) is 16.9 Å². The van der Waals surface area contributed by atoms with E-state index in [4.69, 9.17) is 9.47 Å². The van der Waals surface area contributed by atoms with Crippen LogP contribution >= 0.6 is 0 Å². The first-order chi connectivity index (χ1) is 13.9. The van der Waals surface area contributed by atoms with Gasteiger partial charge in [-0.25, -0.2) is 9.59 Å². The number of hydrogen-bond donors (Lipinski definition) is 0. The number of rotatable bonds is 8. The molecular formula is C25H24O4. The Kier molecular flexibility index (Phi) is 7.92. The summed E-state index contributed by atoms with van der Waals surface area (Å²) >= 11 is 0. The average Bonchev–Trinajstić information content (AvgIpc) is 2.72. The van der Waals surface area contributed by atoms with Gasteiger partial charge < -0.3 is 9.47 Å². The highest BCUT2D eigenvalue weighted by Gasteiger charge is 2.10. The maximum atomic E-state index is 11.8. The molecule has 0 N–H and O–H groups in total. The topological polar surface area (TPSA) is 52.6 Å². The summed E-state index contributed by atoms with van der Waals surface area (Å²) in [4.78, 5) is 23.1. The summed E-state index contributed by atoms with van der Waals surface area (Å²) in [6.45, 7) is 10.2. The molecule has 29 heavy (non-hydrogen) atoms. The van der Waals surface area contributed by atoms with Crippen LogP contribution in [0, 0.1) is 0 Å². The monoisotopic (exact) mass is 388 g/mol. The van der Waals surface area contributed by atoms with Gasteiger partial charge in [0.15, 0.2) is 6.61 Å². The quantitative estimate of drug-likeness (QED) is 0.258. The van der Waals surface area contributed by atoms with Crippen molar-refractivity contribution < 1.29 is 19.1 Å². The van der Waals surface area contributed by atoms with E-state index >= 15 is 0 Å². The van der Waals surface area contributed by atoms with Crippen molar-refractivity contribution in [1.29, 1.82) is 0 Å². The molecule has 4 nitrogen and oxygen atoms in total. The molecule has 0 spiro atoms. The van der Waals surface area contributed by atoms with E-state index < -0.39 is 18.5 Å². The molecule has 2 aromatic rings. The molecule has 0 heterocycles. The smallest absolute Gasteiger partial charge is 0.349 e. The molecule has 0 fully saturated rings. The summed E-state index contributed by atoms with van der Waals surface area (Å²) in [5.74, 6) is -0.894. The highest BCUT2D eigenvalue weighted by Crippen LogP contribution is 2.25. The third-order valence-corrected chi connectivity index (χ3v) is 3.95. The van der Waals surface area contributed by atoms with Crippen molar-refractivity contribution >= 4 is 17.5 Å². The van der Waals surface area contributed by atoms with Crippen LogP contribution in [0.1, 0.15) is 19.4 Å². The summed E-state index contributed by atoms with van der Waals surface area (Å²) in [7, 11) is 0. The molecule has 0 aliphatic heterocycles. The maximum Gasteiger partial charge on any atom is 0.349 e. The zero-order valence-electron chi connectivity index (χ0n) is 16.7. The van der Waals surface area contributed by atoms with Crippen molar-refractivity contribution in [2.75, 3.05) is 6.61 Å². The molecule has 0 bridgehead atoms. The SMILES string of the molecule is C=C/C=C(\C=C/C)c1ccc(-c2ccc(OC(=O)COC(=O)C(=C)C)cc2)cc1. The molecular weight excluding hydrogens is 364 g/mol. The van der Waals surface area contributed by atoms with Crippen LogP contribution in [0.4, 0.5) is 0 Å². The fourth-order valence-corrected chi connectivity index (χ4v) is 2.53. The zero-order chi connectivity index (χ0) is 21.2. The summed E-state index contributed by atoms with van der Waals surface area (Å²) in [6, 6.07) is 15.3. The van der Waals surface area contributed by atoms with E-state index in [0.717, 1.165) is 22.3 Å². The molecule has 0 saturated carbocycles. The zero-order valence-corrected chi connectivity index (χ0v) is 16.7. The highest BCUT2D eigenvalue weighted by atomic mass is 16.6. The molecule has 148 valence electrons. The van der Waals surface area contributed by atoms with Gasteiger partial charge in [-0.15, -0.1) is 0 Å². The Morgan fingerprint density at radius 3 is 2.10 bits per heavy atom. The van der Waals surface area contributed by atoms with Crippen molar-refractivity contribution in [2.24, 2.45) is 0 Å². The lowest BCUT2D eigenvalue weighted by atomic mass is 10.00. The molecule has 0 aliphatic rings. The Bertz CT molecular complexity index is 945.